The fourth-order valence-corrected chi connectivity index (χ4v) is 4.57. The summed E-state index contributed by atoms with van der Waals surface area (Å²) in [5, 5.41) is 7.47. The minimum absolute atomic E-state index is 0.195. The van der Waals surface area contributed by atoms with Gasteiger partial charge < -0.3 is 10.1 Å². The Morgan fingerprint density at radius 2 is 1.70 bits per heavy atom. The summed E-state index contributed by atoms with van der Waals surface area (Å²) in [4.78, 5) is 15.2. The summed E-state index contributed by atoms with van der Waals surface area (Å²) in [6, 6.07) is 14.0. The van der Waals surface area contributed by atoms with Gasteiger partial charge in [0.1, 0.15) is 11.0 Å². The van der Waals surface area contributed by atoms with E-state index in [0.29, 0.717) is 23.5 Å². The average Bonchev–Trinajstić information content (AvgIpc) is 3.07. The Kier molecular flexibility index (Phi) is 7.12. The number of nitrogens with one attached hydrogen (secondary N) is 1. The molecule has 2 unspecified atom stereocenters. The second-order valence-corrected chi connectivity index (χ2v) is 8.95. The molecule has 0 radical (unpaired) electrons. The van der Waals surface area contributed by atoms with Crippen molar-refractivity contribution in [1.82, 2.24) is 20.0 Å². The number of carbonyl (C=O) groups excluding carboxylic acids is 1. The van der Waals surface area contributed by atoms with Crippen LogP contribution >= 0.6 is 11.6 Å². The van der Waals surface area contributed by atoms with E-state index in [-0.39, 0.29) is 29.1 Å². The lowest BCUT2D eigenvalue weighted by Crippen LogP contribution is -2.44. The fourth-order valence-electron chi connectivity index (χ4n) is 4.22. The Balaban J connectivity index is 1.37. The van der Waals surface area contributed by atoms with Crippen molar-refractivity contribution < 1.29 is 13.9 Å². The zero-order chi connectivity index (χ0) is 23.5. The molecule has 6 nitrogen and oxygen atoms in total. The van der Waals surface area contributed by atoms with Crippen molar-refractivity contribution in [2.45, 2.75) is 46.1 Å². The highest BCUT2D eigenvalue weighted by atomic mass is 35.5. The molecule has 1 N–H and O–H groups in total. The quantitative estimate of drug-likeness (QED) is 0.575. The molecule has 4 rings (SSSR count). The molecule has 1 fully saturated rings. The first-order valence-corrected chi connectivity index (χ1v) is 11.4. The molecule has 1 aromatic heterocycles. The first-order chi connectivity index (χ1) is 15.8. The standard InChI is InChI=1S/C25H28ClFN4O2/c1-16-13-30(14-17(2)33-16)15-20-6-4-19(5-7-20)12-28-25(32)23-18(3)29-31(24(23)26)22-10-8-21(27)9-11-22/h4-11,16-17H,12-15H2,1-3H3,(H,28,32). The van der Waals surface area contributed by atoms with Crippen molar-refractivity contribution in [2.24, 2.45) is 0 Å². The zero-order valence-electron chi connectivity index (χ0n) is 19.0. The van der Waals surface area contributed by atoms with Crippen LogP contribution in [0.2, 0.25) is 5.15 Å². The molecule has 2 aromatic carbocycles. The molecule has 2 atom stereocenters. The smallest absolute Gasteiger partial charge is 0.256 e. The molecule has 2 heterocycles. The lowest BCUT2D eigenvalue weighted by molar-refractivity contribution is -0.0704. The van der Waals surface area contributed by atoms with Gasteiger partial charge in [0.15, 0.2) is 0 Å². The number of hydrogen-bond acceptors (Lipinski definition) is 4. The highest BCUT2D eigenvalue weighted by molar-refractivity contribution is 6.33. The van der Waals surface area contributed by atoms with Crippen LogP contribution in [-0.2, 0) is 17.8 Å². The maximum atomic E-state index is 13.2. The summed E-state index contributed by atoms with van der Waals surface area (Å²) >= 11 is 6.45. The van der Waals surface area contributed by atoms with E-state index in [1.54, 1.807) is 19.1 Å². The van der Waals surface area contributed by atoms with E-state index < -0.39 is 0 Å². The predicted molar refractivity (Wildman–Crippen MR) is 126 cm³/mol. The topological polar surface area (TPSA) is 59.4 Å². The number of carbonyl (C=O) groups is 1. The largest absolute Gasteiger partial charge is 0.373 e. The molecule has 0 saturated carbocycles. The number of benzene rings is 2. The van der Waals surface area contributed by atoms with Crippen molar-refractivity contribution in [1.29, 1.82) is 0 Å². The number of nitrogens with zero attached hydrogens (tertiary/aromatic N) is 3. The Bertz CT molecular complexity index is 1100. The third-order valence-corrected chi connectivity index (χ3v) is 6.03. The number of aryl methyl sites for hydroxylation is 1. The number of hydrogen-bond donors (Lipinski definition) is 1. The SMILES string of the molecule is Cc1nn(-c2ccc(F)cc2)c(Cl)c1C(=O)NCc1ccc(CN2CC(C)OC(C)C2)cc1. The molecule has 0 spiro atoms. The van der Waals surface area contributed by atoms with Gasteiger partial charge in [0.2, 0.25) is 0 Å². The molecular weight excluding hydrogens is 443 g/mol. The summed E-state index contributed by atoms with van der Waals surface area (Å²) in [6.07, 6.45) is 0.483. The molecule has 1 aliphatic heterocycles. The Labute approximate surface area is 198 Å². The van der Waals surface area contributed by atoms with Crippen molar-refractivity contribution in [3.63, 3.8) is 0 Å². The van der Waals surface area contributed by atoms with Gasteiger partial charge in [-0.25, -0.2) is 9.07 Å². The number of ether oxygens (including phenoxy) is 1. The van der Waals surface area contributed by atoms with Gasteiger partial charge in [0.25, 0.3) is 5.91 Å². The molecule has 33 heavy (non-hydrogen) atoms. The Morgan fingerprint density at radius 3 is 2.33 bits per heavy atom. The van der Waals surface area contributed by atoms with Gasteiger partial charge in [-0.3, -0.25) is 9.69 Å². The minimum Gasteiger partial charge on any atom is -0.373 e. The summed E-state index contributed by atoms with van der Waals surface area (Å²) in [6.45, 7) is 9.03. The predicted octanol–water partition coefficient (Wildman–Crippen LogP) is 4.51. The van der Waals surface area contributed by atoms with Gasteiger partial charge >= 0.3 is 0 Å². The summed E-state index contributed by atoms with van der Waals surface area (Å²) in [7, 11) is 0. The molecule has 3 aromatic rings. The first-order valence-electron chi connectivity index (χ1n) is 11.0. The zero-order valence-corrected chi connectivity index (χ0v) is 19.8. The molecule has 0 bridgehead atoms. The highest BCUT2D eigenvalue weighted by Crippen LogP contribution is 2.24. The molecule has 174 valence electrons. The third kappa shape index (κ3) is 5.61. The number of amides is 1. The van der Waals surface area contributed by atoms with Crippen molar-refractivity contribution >= 4 is 17.5 Å². The Hall–Kier alpha value is -2.74. The van der Waals surface area contributed by atoms with E-state index in [1.165, 1.54) is 22.4 Å². The normalized spacial score (nSPS) is 18.9. The van der Waals surface area contributed by atoms with Crippen LogP contribution in [0.5, 0.6) is 0 Å². The molecule has 1 aliphatic rings. The molecular formula is C25H28ClFN4O2. The van der Waals surface area contributed by atoms with E-state index in [9.17, 15) is 9.18 Å². The van der Waals surface area contributed by atoms with Crippen molar-refractivity contribution in [2.75, 3.05) is 13.1 Å². The summed E-state index contributed by atoms with van der Waals surface area (Å²) < 4.78 is 20.5. The summed E-state index contributed by atoms with van der Waals surface area (Å²) in [5.74, 6) is -0.650. The minimum atomic E-state index is -0.350. The van der Waals surface area contributed by atoms with Crippen LogP contribution in [0.4, 0.5) is 4.39 Å². The monoisotopic (exact) mass is 470 g/mol. The maximum Gasteiger partial charge on any atom is 0.256 e. The average molecular weight is 471 g/mol. The lowest BCUT2D eigenvalue weighted by atomic mass is 10.1. The molecule has 8 heteroatoms. The number of aromatic nitrogens is 2. The van der Waals surface area contributed by atoms with Gasteiger partial charge in [-0.2, -0.15) is 5.10 Å². The second kappa shape index (κ2) is 10.0. The number of rotatable bonds is 6. The van der Waals surface area contributed by atoms with Crippen LogP contribution in [0, 0.1) is 12.7 Å². The van der Waals surface area contributed by atoms with Crippen LogP contribution in [0.1, 0.15) is 41.0 Å². The van der Waals surface area contributed by atoms with Gasteiger partial charge in [-0.05, 0) is 56.2 Å². The Morgan fingerprint density at radius 1 is 1.09 bits per heavy atom. The van der Waals surface area contributed by atoms with Gasteiger partial charge in [0, 0.05) is 26.2 Å². The highest BCUT2D eigenvalue weighted by Gasteiger charge is 2.23. The van der Waals surface area contributed by atoms with Gasteiger partial charge in [0.05, 0.1) is 29.2 Å². The molecule has 1 amide bonds. The van der Waals surface area contributed by atoms with Crippen LogP contribution < -0.4 is 5.32 Å². The van der Waals surface area contributed by atoms with Gasteiger partial charge in [-0.1, -0.05) is 35.9 Å². The van der Waals surface area contributed by atoms with Crippen LogP contribution in [0.3, 0.4) is 0 Å². The molecule has 0 aliphatic carbocycles. The maximum absolute atomic E-state index is 13.2. The van der Waals surface area contributed by atoms with Crippen molar-refractivity contribution in [3.05, 3.63) is 81.9 Å². The van der Waals surface area contributed by atoms with Gasteiger partial charge in [-0.15, -0.1) is 0 Å². The first kappa shape index (κ1) is 23.4. The van der Waals surface area contributed by atoms with E-state index >= 15 is 0 Å². The summed E-state index contributed by atoms with van der Waals surface area (Å²) in [5.41, 5.74) is 3.63. The third-order valence-electron chi connectivity index (χ3n) is 5.68. The van der Waals surface area contributed by atoms with E-state index in [1.807, 2.05) is 12.1 Å². The van der Waals surface area contributed by atoms with Crippen LogP contribution in [0.25, 0.3) is 5.69 Å². The number of halogens is 2. The van der Waals surface area contributed by atoms with E-state index in [2.05, 4.69) is 41.3 Å². The second-order valence-electron chi connectivity index (χ2n) is 8.59. The lowest BCUT2D eigenvalue weighted by Gasteiger charge is -2.35. The van der Waals surface area contributed by atoms with Crippen LogP contribution in [0.15, 0.2) is 48.5 Å². The molecule has 1 saturated heterocycles. The van der Waals surface area contributed by atoms with Crippen molar-refractivity contribution in [3.8, 4) is 5.69 Å². The van der Waals surface area contributed by atoms with E-state index in [4.69, 9.17) is 16.3 Å². The van der Waals surface area contributed by atoms with E-state index in [0.717, 1.165) is 25.2 Å². The van der Waals surface area contributed by atoms with Crippen LogP contribution in [-0.4, -0.2) is 45.9 Å². The fraction of sp³-hybridized carbons (Fsp3) is 0.360. The number of morpholine rings is 1.